The predicted molar refractivity (Wildman–Crippen MR) is 113 cm³/mol. The van der Waals surface area contributed by atoms with Gasteiger partial charge in [-0.1, -0.05) is 42.5 Å². The van der Waals surface area contributed by atoms with Crippen LogP contribution in [0.25, 0.3) is 11.6 Å². The first-order valence-electron chi connectivity index (χ1n) is 9.43. The standard InChI is InChI=1S/C23H19FN2O3S/c24-18-8-6-16(7-9-18)19(12-15-4-2-1-3-5-15)23(28)26-11-10-20-17(14-26)13-21(30-20)22(27)25-29/h1-9,12-13,29H,10-11,14H2,(H,25,27). The monoisotopic (exact) mass is 422 g/mol. The molecule has 1 aromatic heterocycles. The lowest BCUT2D eigenvalue weighted by molar-refractivity contribution is -0.125. The Morgan fingerprint density at radius 2 is 1.83 bits per heavy atom. The summed E-state index contributed by atoms with van der Waals surface area (Å²) >= 11 is 1.32. The van der Waals surface area contributed by atoms with Crippen LogP contribution in [0, 0.1) is 5.82 Å². The normalized spacial score (nSPS) is 13.7. The molecule has 0 aliphatic carbocycles. The lowest BCUT2D eigenvalue weighted by Crippen LogP contribution is -2.35. The predicted octanol–water partition coefficient (Wildman–Crippen LogP) is 4.13. The number of nitrogens with one attached hydrogen (secondary N) is 1. The molecule has 0 fully saturated rings. The van der Waals surface area contributed by atoms with E-state index < -0.39 is 5.91 Å². The molecule has 2 heterocycles. The molecule has 0 bridgehead atoms. The second kappa shape index (κ2) is 8.61. The summed E-state index contributed by atoms with van der Waals surface area (Å²) in [5, 5.41) is 8.86. The molecule has 5 nitrogen and oxygen atoms in total. The van der Waals surface area contributed by atoms with Gasteiger partial charge in [0.15, 0.2) is 0 Å². The zero-order valence-corrected chi connectivity index (χ0v) is 16.8. The summed E-state index contributed by atoms with van der Waals surface area (Å²) in [6.07, 6.45) is 2.44. The lowest BCUT2D eigenvalue weighted by Gasteiger charge is -2.28. The zero-order chi connectivity index (χ0) is 21.1. The van der Waals surface area contributed by atoms with Gasteiger partial charge in [0.25, 0.3) is 11.8 Å². The van der Waals surface area contributed by atoms with Crippen LogP contribution in [0.3, 0.4) is 0 Å². The molecule has 2 amide bonds. The molecule has 152 valence electrons. The van der Waals surface area contributed by atoms with Crippen LogP contribution in [0.5, 0.6) is 0 Å². The van der Waals surface area contributed by atoms with Gasteiger partial charge in [-0.15, -0.1) is 11.3 Å². The van der Waals surface area contributed by atoms with Crippen molar-refractivity contribution in [2.24, 2.45) is 0 Å². The van der Waals surface area contributed by atoms with Crippen LogP contribution in [0.4, 0.5) is 4.39 Å². The van der Waals surface area contributed by atoms with Crippen LogP contribution in [-0.2, 0) is 17.8 Å². The molecule has 7 heteroatoms. The van der Waals surface area contributed by atoms with Crippen LogP contribution in [0.2, 0.25) is 0 Å². The summed E-state index contributed by atoms with van der Waals surface area (Å²) < 4.78 is 13.4. The van der Waals surface area contributed by atoms with E-state index in [-0.39, 0.29) is 11.7 Å². The van der Waals surface area contributed by atoms with Gasteiger partial charge in [0, 0.05) is 23.5 Å². The number of carbonyl (C=O) groups is 2. The van der Waals surface area contributed by atoms with E-state index in [1.54, 1.807) is 28.6 Å². The molecule has 1 aliphatic rings. The molecule has 0 saturated heterocycles. The van der Waals surface area contributed by atoms with Crippen molar-refractivity contribution in [3.05, 3.63) is 92.9 Å². The number of rotatable bonds is 4. The van der Waals surface area contributed by atoms with Gasteiger partial charge in [-0.05, 0) is 47.4 Å². The molecule has 30 heavy (non-hydrogen) atoms. The first kappa shape index (κ1) is 20.0. The minimum atomic E-state index is -0.553. The molecule has 0 radical (unpaired) electrons. The van der Waals surface area contributed by atoms with Gasteiger partial charge < -0.3 is 4.90 Å². The number of benzene rings is 2. The third kappa shape index (κ3) is 4.17. The maximum absolute atomic E-state index is 13.4. The van der Waals surface area contributed by atoms with Crippen molar-refractivity contribution in [1.29, 1.82) is 0 Å². The van der Waals surface area contributed by atoms with Gasteiger partial charge in [0.05, 0.1) is 4.88 Å². The number of hydrogen-bond donors (Lipinski definition) is 2. The Bertz CT molecular complexity index is 1110. The lowest BCUT2D eigenvalue weighted by atomic mass is 9.99. The average molecular weight is 422 g/mol. The minimum Gasteiger partial charge on any atom is -0.334 e. The fourth-order valence-electron chi connectivity index (χ4n) is 3.46. The van der Waals surface area contributed by atoms with Crippen LogP contribution in [0.15, 0.2) is 60.7 Å². The number of nitrogens with zero attached hydrogens (tertiary/aromatic N) is 1. The molecule has 0 unspecified atom stereocenters. The van der Waals surface area contributed by atoms with Gasteiger partial charge in [-0.2, -0.15) is 0 Å². The summed E-state index contributed by atoms with van der Waals surface area (Å²) in [6, 6.07) is 17.1. The molecule has 0 spiro atoms. The van der Waals surface area contributed by atoms with Crippen molar-refractivity contribution >= 4 is 34.8 Å². The van der Waals surface area contributed by atoms with Crippen LogP contribution in [-0.4, -0.2) is 28.5 Å². The van der Waals surface area contributed by atoms with Gasteiger partial charge in [-0.25, -0.2) is 9.87 Å². The highest BCUT2D eigenvalue weighted by Crippen LogP contribution is 2.30. The molecular weight excluding hydrogens is 403 g/mol. The van der Waals surface area contributed by atoms with E-state index in [0.29, 0.717) is 35.5 Å². The Morgan fingerprint density at radius 3 is 2.53 bits per heavy atom. The number of fused-ring (bicyclic) bond motifs is 1. The summed E-state index contributed by atoms with van der Waals surface area (Å²) in [7, 11) is 0. The largest absolute Gasteiger partial charge is 0.334 e. The molecule has 4 rings (SSSR count). The summed E-state index contributed by atoms with van der Waals surface area (Å²) in [6.45, 7) is 0.885. The molecule has 0 saturated carbocycles. The molecule has 2 aromatic carbocycles. The number of hydrogen-bond acceptors (Lipinski definition) is 4. The Morgan fingerprint density at radius 1 is 1.10 bits per heavy atom. The summed E-state index contributed by atoms with van der Waals surface area (Å²) in [5.74, 6) is -1.07. The van der Waals surface area contributed by atoms with E-state index in [1.165, 1.54) is 23.5 Å². The Kier molecular flexibility index (Phi) is 5.74. The van der Waals surface area contributed by atoms with Crippen LogP contribution < -0.4 is 5.48 Å². The summed E-state index contributed by atoms with van der Waals surface area (Å²) in [5.41, 5.74) is 4.54. The first-order chi connectivity index (χ1) is 14.5. The fourth-order valence-corrected chi connectivity index (χ4v) is 4.51. The Labute approximate surface area is 177 Å². The number of carbonyl (C=O) groups excluding carboxylic acids is 2. The molecule has 0 atom stereocenters. The Hall–Kier alpha value is -3.29. The fraction of sp³-hybridized carbons (Fsp3) is 0.130. The second-order valence-electron chi connectivity index (χ2n) is 6.95. The van der Waals surface area contributed by atoms with Crippen LogP contribution in [0.1, 0.15) is 31.2 Å². The van der Waals surface area contributed by atoms with Gasteiger partial charge in [0.1, 0.15) is 5.82 Å². The van der Waals surface area contributed by atoms with Crippen molar-refractivity contribution in [3.63, 3.8) is 0 Å². The number of halogens is 1. The van der Waals surface area contributed by atoms with Crippen molar-refractivity contribution in [1.82, 2.24) is 10.4 Å². The molecule has 3 aromatic rings. The number of amides is 2. The van der Waals surface area contributed by atoms with Crippen molar-refractivity contribution in [2.75, 3.05) is 6.54 Å². The summed E-state index contributed by atoms with van der Waals surface area (Å²) in [4.78, 5) is 28.3. The number of hydroxylamine groups is 1. The Balaban J connectivity index is 1.65. The molecular formula is C23H19FN2O3S. The SMILES string of the molecule is O=C(NO)c1cc2c(s1)CCN(C(=O)C(=Cc1ccccc1)c1ccc(F)cc1)C2. The van der Waals surface area contributed by atoms with E-state index in [9.17, 15) is 14.0 Å². The van der Waals surface area contributed by atoms with E-state index in [4.69, 9.17) is 5.21 Å². The second-order valence-corrected chi connectivity index (χ2v) is 8.09. The van der Waals surface area contributed by atoms with Gasteiger partial charge >= 0.3 is 0 Å². The minimum absolute atomic E-state index is 0.157. The average Bonchev–Trinajstić information content (AvgIpc) is 3.21. The number of thiophene rings is 1. The van der Waals surface area contributed by atoms with E-state index in [1.807, 2.05) is 36.4 Å². The quantitative estimate of drug-likeness (QED) is 0.287. The van der Waals surface area contributed by atoms with E-state index in [0.717, 1.165) is 16.0 Å². The highest BCUT2D eigenvalue weighted by atomic mass is 32.1. The maximum Gasteiger partial charge on any atom is 0.284 e. The topological polar surface area (TPSA) is 69.6 Å². The highest BCUT2D eigenvalue weighted by Gasteiger charge is 2.26. The van der Waals surface area contributed by atoms with Crippen molar-refractivity contribution in [2.45, 2.75) is 13.0 Å². The molecule has 1 aliphatic heterocycles. The van der Waals surface area contributed by atoms with E-state index in [2.05, 4.69) is 0 Å². The third-order valence-corrected chi connectivity index (χ3v) is 6.21. The van der Waals surface area contributed by atoms with Gasteiger partial charge in [0.2, 0.25) is 0 Å². The van der Waals surface area contributed by atoms with E-state index >= 15 is 0 Å². The maximum atomic E-state index is 13.4. The first-order valence-corrected chi connectivity index (χ1v) is 10.2. The van der Waals surface area contributed by atoms with Crippen LogP contribution >= 0.6 is 11.3 Å². The van der Waals surface area contributed by atoms with Crippen molar-refractivity contribution < 1.29 is 19.2 Å². The van der Waals surface area contributed by atoms with Gasteiger partial charge in [-0.3, -0.25) is 14.8 Å². The molecule has 2 N–H and O–H groups in total. The smallest absolute Gasteiger partial charge is 0.284 e. The van der Waals surface area contributed by atoms with Crippen molar-refractivity contribution in [3.8, 4) is 0 Å². The third-order valence-electron chi connectivity index (χ3n) is 4.98. The zero-order valence-electron chi connectivity index (χ0n) is 16.0. The highest BCUT2D eigenvalue weighted by molar-refractivity contribution is 7.14.